The summed E-state index contributed by atoms with van der Waals surface area (Å²) in [6.45, 7) is 4.00. The van der Waals surface area contributed by atoms with E-state index in [9.17, 15) is 0 Å². The largest absolute Gasteiger partial charge is 0.338 e. The molecule has 0 unspecified atom stereocenters. The number of benzene rings is 1. The van der Waals surface area contributed by atoms with Crippen molar-refractivity contribution < 1.29 is 4.52 Å². The first kappa shape index (κ1) is 14.3. The predicted octanol–water partition coefficient (Wildman–Crippen LogP) is 3.62. The van der Waals surface area contributed by atoms with E-state index in [1.807, 2.05) is 13.8 Å². The van der Waals surface area contributed by atoms with Crippen molar-refractivity contribution in [1.29, 1.82) is 0 Å². The normalized spacial score (nSPS) is 12.9. The summed E-state index contributed by atoms with van der Waals surface area (Å²) in [6.07, 6.45) is 0.423. The van der Waals surface area contributed by atoms with E-state index in [-0.39, 0.29) is 12.0 Å². The molecule has 1 heterocycles. The monoisotopic (exact) mass is 299 g/mol. The van der Waals surface area contributed by atoms with Gasteiger partial charge >= 0.3 is 0 Å². The highest BCUT2D eigenvalue weighted by atomic mass is 35.5. The Kier molecular flexibility index (Phi) is 4.45. The minimum Gasteiger partial charge on any atom is -0.338 e. The zero-order valence-corrected chi connectivity index (χ0v) is 12.2. The topological polar surface area (TPSA) is 64.9 Å². The molecule has 4 nitrogen and oxygen atoms in total. The third kappa shape index (κ3) is 3.26. The Morgan fingerprint density at radius 2 is 1.89 bits per heavy atom. The van der Waals surface area contributed by atoms with E-state index in [1.54, 1.807) is 18.2 Å². The summed E-state index contributed by atoms with van der Waals surface area (Å²) in [5.74, 6) is 1.20. The summed E-state index contributed by atoms with van der Waals surface area (Å²) in [6, 6.07) is 5.10. The van der Waals surface area contributed by atoms with Crippen molar-refractivity contribution in [3.63, 3.8) is 0 Å². The van der Waals surface area contributed by atoms with Gasteiger partial charge < -0.3 is 10.3 Å². The van der Waals surface area contributed by atoms with Crippen LogP contribution < -0.4 is 5.73 Å². The molecule has 0 aliphatic carbocycles. The van der Waals surface area contributed by atoms with Gasteiger partial charge in [-0.2, -0.15) is 4.98 Å². The second kappa shape index (κ2) is 5.90. The van der Waals surface area contributed by atoms with E-state index in [0.29, 0.717) is 28.2 Å². The predicted molar refractivity (Wildman–Crippen MR) is 75.3 cm³/mol. The van der Waals surface area contributed by atoms with Crippen molar-refractivity contribution in [1.82, 2.24) is 10.1 Å². The van der Waals surface area contributed by atoms with Crippen LogP contribution in [0.25, 0.3) is 0 Å². The lowest BCUT2D eigenvalue weighted by Gasteiger charge is -2.09. The second-order valence-corrected chi connectivity index (χ2v) is 5.51. The zero-order valence-electron chi connectivity index (χ0n) is 10.7. The Morgan fingerprint density at radius 1 is 1.26 bits per heavy atom. The summed E-state index contributed by atoms with van der Waals surface area (Å²) in [7, 11) is 0. The van der Waals surface area contributed by atoms with Crippen LogP contribution in [0.15, 0.2) is 22.7 Å². The fraction of sp³-hybridized carbons (Fsp3) is 0.385. The number of hydrogen-bond acceptors (Lipinski definition) is 4. The lowest BCUT2D eigenvalue weighted by molar-refractivity contribution is 0.322. The molecule has 0 amide bonds. The van der Waals surface area contributed by atoms with E-state index >= 15 is 0 Å². The van der Waals surface area contributed by atoms with Crippen LogP contribution in [0.5, 0.6) is 0 Å². The Labute approximate surface area is 121 Å². The molecule has 0 bridgehead atoms. The van der Waals surface area contributed by atoms with Crippen LogP contribution in [-0.4, -0.2) is 10.1 Å². The smallest absolute Gasteiger partial charge is 0.243 e. The van der Waals surface area contributed by atoms with Crippen LogP contribution in [0.4, 0.5) is 0 Å². The fourth-order valence-corrected chi connectivity index (χ4v) is 2.15. The van der Waals surface area contributed by atoms with E-state index < -0.39 is 0 Å². The molecule has 2 rings (SSSR count). The highest BCUT2D eigenvalue weighted by molar-refractivity contribution is 6.36. The third-order valence-electron chi connectivity index (χ3n) is 2.88. The molecule has 1 aromatic heterocycles. The molecule has 2 aromatic rings. The molecular formula is C13H15Cl2N3O. The summed E-state index contributed by atoms with van der Waals surface area (Å²) < 4.78 is 5.17. The Bertz CT molecular complexity index is 549. The standard InChI is InChI=1S/C13H15Cl2N3O/c1-7(2)12(16)13-17-11(18-19-13)6-8-9(14)4-3-5-10(8)15/h3-5,7,12H,6,16H2,1-2H3/t12-/m0/s1. The Balaban J connectivity index is 2.21. The van der Waals surface area contributed by atoms with Gasteiger partial charge in [-0.15, -0.1) is 0 Å². The van der Waals surface area contributed by atoms with E-state index in [2.05, 4.69) is 10.1 Å². The van der Waals surface area contributed by atoms with E-state index in [1.165, 1.54) is 0 Å². The maximum absolute atomic E-state index is 6.10. The van der Waals surface area contributed by atoms with Gasteiger partial charge in [0, 0.05) is 16.5 Å². The summed E-state index contributed by atoms with van der Waals surface area (Å²) >= 11 is 12.2. The number of rotatable bonds is 4. The van der Waals surface area contributed by atoms with Crippen LogP contribution in [-0.2, 0) is 6.42 Å². The third-order valence-corrected chi connectivity index (χ3v) is 3.59. The van der Waals surface area contributed by atoms with Crippen LogP contribution in [0.1, 0.15) is 37.2 Å². The molecule has 2 N–H and O–H groups in total. The van der Waals surface area contributed by atoms with E-state index in [4.69, 9.17) is 33.5 Å². The molecule has 1 aromatic carbocycles. The average molecular weight is 300 g/mol. The number of halogens is 2. The quantitative estimate of drug-likeness (QED) is 0.936. The molecule has 0 saturated carbocycles. The highest BCUT2D eigenvalue weighted by Gasteiger charge is 2.19. The summed E-state index contributed by atoms with van der Waals surface area (Å²) in [5, 5.41) is 5.09. The van der Waals surface area contributed by atoms with E-state index in [0.717, 1.165) is 5.56 Å². The van der Waals surface area contributed by atoms with Gasteiger partial charge in [-0.25, -0.2) is 0 Å². The molecule has 0 aliphatic rings. The number of nitrogens with two attached hydrogens (primary N) is 1. The highest BCUT2D eigenvalue weighted by Crippen LogP contribution is 2.26. The SMILES string of the molecule is CC(C)[C@H](N)c1nc(Cc2c(Cl)cccc2Cl)no1. The molecule has 0 radical (unpaired) electrons. The van der Waals surface area contributed by atoms with Crippen LogP contribution >= 0.6 is 23.2 Å². The van der Waals surface area contributed by atoms with Crippen LogP contribution in [0, 0.1) is 5.92 Å². The van der Waals surface area contributed by atoms with Gasteiger partial charge in [0.1, 0.15) is 0 Å². The number of hydrogen-bond donors (Lipinski definition) is 1. The van der Waals surface area contributed by atoms with Gasteiger partial charge in [0.2, 0.25) is 5.89 Å². The average Bonchev–Trinajstić information content (AvgIpc) is 2.81. The van der Waals surface area contributed by atoms with Gasteiger partial charge in [-0.3, -0.25) is 0 Å². The Morgan fingerprint density at radius 3 is 2.47 bits per heavy atom. The lowest BCUT2D eigenvalue weighted by Crippen LogP contribution is -2.17. The molecule has 1 atom stereocenters. The lowest BCUT2D eigenvalue weighted by atomic mass is 10.1. The minimum absolute atomic E-state index is 0.234. The summed E-state index contributed by atoms with van der Waals surface area (Å²) in [4.78, 5) is 4.29. The number of nitrogens with zero attached hydrogens (tertiary/aromatic N) is 2. The van der Waals surface area contributed by atoms with Crippen molar-refractivity contribution >= 4 is 23.2 Å². The first-order valence-electron chi connectivity index (χ1n) is 6.00. The van der Waals surface area contributed by atoms with Crippen LogP contribution in [0.2, 0.25) is 10.0 Å². The Hall–Kier alpha value is -1.10. The molecule has 0 fully saturated rings. The summed E-state index contributed by atoms with van der Waals surface area (Å²) in [5.41, 5.74) is 6.74. The molecule has 0 aliphatic heterocycles. The molecule has 0 saturated heterocycles. The fourth-order valence-electron chi connectivity index (χ4n) is 1.62. The van der Waals surface area contributed by atoms with Crippen LogP contribution in [0.3, 0.4) is 0 Å². The van der Waals surface area contributed by atoms with Crippen molar-refractivity contribution in [3.8, 4) is 0 Å². The molecule has 6 heteroatoms. The van der Waals surface area contributed by atoms with Gasteiger partial charge in [-0.05, 0) is 23.6 Å². The molecule has 102 valence electrons. The maximum Gasteiger partial charge on any atom is 0.243 e. The van der Waals surface area contributed by atoms with Crippen molar-refractivity contribution in [2.75, 3.05) is 0 Å². The van der Waals surface area contributed by atoms with Crippen molar-refractivity contribution in [2.45, 2.75) is 26.3 Å². The molecule has 0 spiro atoms. The van der Waals surface area contributed by atoms with Crippen molar-refractivity contribution in [3.05, 3.63) is 45.5 Å². The van der Waals surface area contributed by atoms with Gasteiger partial charge in [-0.1, -0.05) is 48.3 Å². The molecule has 19 heavy (non-hydrogen) atoms. The first-order chi connectivity index (χ1) is 8.99. The zero-order chi connectivity index (χ0) is 14.0. The van der Waals surface area contributed by atoms with Gasteiger partial charge in [0.25, 0.3) is 0 Å². The molecular weight excluding hydrogens is 285 g/mol. The second-order valence-electron chi connectivity index (χ2n) is 4.70. The van der Waals surface area contributed by atoms with Gasteiger partial charge in [0.05, 0.1) is 6.04 Å². The van der Waals surface area contributed by atoms with Crippen molar-refractivity contribution in [2.24, 2.45) is 11.7 Å². The first-order valence-corrected chi connectivity index (χ1v) is 6.75. The number of aromatic nitrogens is 2. The maximum atomic E-state index is 6.10. The minimum atomic E-state index is -0.261. The van der Waals surface area contributed by atoms with Gasteiger partial charge in [0.15, 0.2) is 5.82 Å².